The van der Waals surface area contributed by atoms with Gasteiger partial charge in [-0.25, -0.2) is 0 Å². The Morgan fingerprint density at radius 3 is 2.33 bits per heavy atom. The van der Waals surface area contributed by atoms with Gasteiger partial charge in [0.25, 0.3) is 0 Å². The minimum Gasteiger partial charge on any atom is -0.495 e. The number of anilines is 1. The molecule has 1 aliphatic rings. The van der Waals surface area contributed by atoms with E-state index in [0.29, 0.717) is 36.7 Å². The van der Waals surface area contributed by atoms with Gasteiger partial charge in [0.2, 0.25) is 11.8 Å². The van der Waals surface area contributed by atoms with Crippen LogP contribution in [0, 0.1) is 5.92 Å². The van der Waals surface area contributed by atoms with Gasteiger partial charge < -0.3 is 19.7 Å². The maximum absolute atomic E-state index is 12.7. The number of methoxy groups -OCH3 is 1. The van der Waals surface area contributed by atoms with Gasteiger partial charge in [0, 0.05) is 26.1 Å². The van der Waals surface area contributed by atoms with Gasteiger partial charge in [-0.1, -0.05) is 0 Å². The molecule has 30 heavy (non-hydrogen) atoms. The van der Waals surface area contributed by atoms with Gasteiger partial charge in [0.1, 0.15) is 17.2 Å². The molecule has 1 atom stereocenters. The summed E-state index contributed by atoms with van der Waals surface area (Å²) in [5.74, 6) is 0.294. The van der Waals surface area contributed by atoms with Crippen LogP contribution >= 0.6 is 0 Å². The first-order valence-corrected chi connectivity index (χ1v) is 9.27. The Labute approximate surface area is 171 Å². The molecule has 6 nitrogen and oxygen atoms in total. The average molecular weight is 422 g/mol. The Bertz CT molecular complexity index is 929. The van der Waals surface area contributed by atoms with Crippen LogP contribution in [0.15, 0.2) is 42.5 Å². The molecule has 0 radical (unpaired) electrons. The average Bonchev–Trinajstić information content (AvgIpc) is 3.19. The fraction of sp³-hybridized carbons (Fsp3) is 0.333. The lowest BCUT2D eigenvalue weighted by atomic mass is 10.1. The van der Waals surface area contributed by atoms with Crippen molar-refractivity contribution in [3.63, 3.8) is 0 Å². The predicted molar refractivity (Wildman–Crippen MR) is 104 cm³/mol. The first-order valence-electron chi connectivity index (χ1n) is 9.27. The van der Waals surface area contributed by atoms with Crippen molar-refractivity contribution in [1.29, 1.82) is 0 Å². The molecule has 1 heterocycles. The molecular weight excluding hydrogens is 401 g/mol. The molecule has 2 amide bonds. The Balaban J connectivity index is 1.72. The lowest BCUT2D eigenvalue weighted by Gasteiger charge is -2.16. The van der Waals surface area contributed by atoms with E-state index in [4.69, 9.17) is 9.47 Å². The van der Waals surface area contributed by atoms with Gasteiger partial charge in [-0.3, -0.25) is 9.59 Å². The van der Waals surface area contributed by atoms with Crippen LogP contribution in [0.2, 0.25) is 0 Å². The second kappa shape index (κ2) is 8.64. The number of nitrogens with zero attached hydrogens (tertiary/aromatic N) is 1. The van der Waals surface area contributed by atoms with E-state index in [1.54, 1.807) is 17.0 Å². The summed E-state index contributed by atoms with van der Waals surface area (Å²) in [7, 11) is 1.45. The van der Waals surface area contributed by atoms with Gasteiger partial charge in [-0.2, -0.15) is 13.2 Å². The standard InChI is InChI=1S/C21H21F3N2O4/c1-13(27)26-10-9-14(12-26)20(28)25-18-11-17(7-8-19(18)29-2)30-16-5-3-15(4-6-16)21(22,23)24/h3-8,11,14H,9-10,12H2,1-2H3,(H,25,28). The van der Waals surface area contributed by atoms with Crippen LogP contribution in [0.3, 0.4) is 0 Å². The number of rotatable bonds is 5. The summed E-state index contributed by atoms with van der Waals surface area (Å²) >= 11 is 0. The summed E-state index contributed by atoms with van der Waals surface area (Å²) in [6.07, 6.45) is -3.86. The minimum absolute atomic E-state index is 0.0742. The van der Waals surface area contributed by atoms with Gasteiger partial charge in [0.05, 0.1) is 24.3 Å². The highest BCUT2D eigenvalue weighted by Crippen LogP contribution is 2.34. The molecule has 1 unspecified atom stereocenters. The first kappa shape index (κ1) is 21.5. The molecule has 2 aromatic carbocycles. The zero-order valence-corrected chi connectivity index (χ0v) is 16.5. The van der Waals surface area contributed by atoms with Crippen molar-refractivity contribution in [3.8, 4) is 17.2 Å². The van der Waals surface area contributed by atoms with Crippen LogP contribution < -0.4 is 14.8 Å². The van der Waals surface area contributed by atoms with Gasteiger partial charge in [0.15, 0.2) is 0 Å². The molecule has 1 fully saturated rings. The van der Waals surface area contributed by atoms with Crippen molar-refractivity contribution in [3.05, 3.63) is 48.0 Å². The lowest BCUT2D eigenvalue weighted by molar-refractivity contribution is -0.137. The van der Waals surface area contributed by atoms with E-state index >= 15 is 0 Å². The highest BCUT2D eigenvalue weighted by Gasteiger charge is 2.31. The van der Waals surface area contributed by atoms with Crippen LogP contribution in [0.4, 0.5) is 18.9 Å². The number of ether oxygens (including phenoxy) is 2. The van der Waals surface area contributed by atoms with E-state index in [9.17, 15) is 22.8 Å². The Hall–Kier alpha value is -3.23. The summed E-state index contributed by atoms with van der Waals surface area (Å²) in [5.41, 5.74) is -0.401. The maximum atomic E-state index is 12.7. The van der Waals surface area contributed by atoms with Crippen LogP contribution in [-0.4, -0.2) is 36.9 Å². The third kappa shape index (κ3) is 5.03. The number of carbonyl (C=O) groups is 2. The summed E-state index contributed by atoms with van der Waals surface area (Å²) < 4.78 is 48.9. The predicted octanol–water partition coefficient (Wildman–Crippen LogP) is 4.31. The van der Waals surface area contributed by atoms with Crippen LogP contribution in [-0.2, 0) is 15.8 Å². The molecule has 0 saturated carbocycles. The number of halogens is 3. The number of amides is 2. The second-order valence-corrected chi connectivity index (χ2v) is 6.93. The quantitative estimate of drug-likeness (QED) is 0.780. The van der Waals surface area contributed by atoms with Crippen LogP contribution in [0.5, 0.6) is 17.2 Å². The first-order chi connectivity index (χ1) is 14.2. The molecule has 0 aromatic heterocycles. The van der Waals surface area contributed by atoms with E-state index in [2.05, 4.69) is 5.32 Å². The van der Waals surface area contributed by atoms with E-state index in [1.165, 1.54) is 32.2 Å². The SMILES string of the molecule is COc1ccc(Oc2ccc(C(F)(F)F)cc2)cc1NC(=O)C1CCN(C(C)=O)C1. The Morgan fingerprint density at radius 2 is 1.77 bits per heavy atom. The highest BCUT2D eigenvalue weighted by atomic mass is 19.4. The molecule has 1 N–H and O–H groups in total. The maximum Gasteiger partial charge on any atom is 0.416 e. The smallest absolute Gasteiger partial charge is 0.416 e. The van der Waals surface area contributed by atoms with E-state index in [-0.39, 0.29) is 23.5 Å². The number of nitrogens with one attached hydrogen (secondary N) is 1. The van der Waals surface area contributed by atoms with Crippen molar-refractivity contribution >= 4 is 17.5 Å². The number of likely N-dealkylation sites (tertiary alicyclic amines) is 1. The van der Waals surface area contributed by atoms with Crippen molar-refractivity contribution < 1.29 is 32.2 Å². The topological polar surface area (TPSA) is 67.9 Å². The summed E-state index contributed by atoms with van der Waals surface area (Å²) in [4.78, 5) is 25.7. The van der Waals surface area contributed by atoms with Crippen LogP contribution in [0.1, 0.15) is 18.9 Å². The third-order valence-corrected chi connectivity index (χ3v) is 4.85. The number of carbonyl (C=O) groups excluding carboxylic acids is 2. The second-order valence-electron chi connectivity index (χ2n) is 6.93. The van der Waals surface area contributed by atoms with Gasteiger partial charge >= 0.3 is 6.18 Å². The highest BCUT2D eigenvalue weighted by molar-refractivity contribution is 5.95. The molecule has 3 rings (SSSR count). The number of alkyl halides is 3. The molecule has 2 aromatic rings. The zero-order chi connectivity index (χ0) is 21.9. The normalized spacial score (nSPS) is 16.3. The number of benzene rings is 2. The van der Waals surface area contributed by atoms with Crippen molar-refractivity contribution in [2.24, 2.45) is 5.92 Å². The number of hydrogen-bond donors (Lipinski definition) is 1. The van der Waals surface area contributed by atoms with E-state index in [0.717, 1.165) is 12.1 Å². The van der Waals surface area contributed by atoms with Gasteiger partial charge in [-0.05, 0) is 42.8 Å². The largest absolute Gasteiger partial charge is 0.495 e. The van der Waals surface area contributed by atoms with E-state index in [1.807, 2.05) is 0 Å². The molecule has 160 valence electrons. The fourth-order valence-corrected chi connectivity index (χ4v) is 3.19. The third-order valence-electron chi connectivity index (χ3n) is 4.85. The monoisotopic (exact) mass is 422 g/mol. The minimum atomic E-state index is -4.42. The summed E-state index contributed by atoms with van der Waals surface area (Å²) in [5, 5.41) is 2.79. The zero-order valence-electron chi connectivity index (χ0n) is 16.5. The molecule has 0 aliphatic carbocycles. The molecule has 0 bridgehead atoms. The van der Waals surface area contributed by atoms with Crippen molar-refractivity contribution in [2.75, 3.05) is 25.5 Å². The molecular formula is C21H21F3N2O4. The molecule has 0 spiro atoms. The molecule has 1 aliphatic heterocycles. The summed E-state index contributed by atoms with van der Waals surface area (Å²) in [6, 6.07) is 9.02. The number of hydrogen-bond acceptors (Lipinski definition) is 4. The van der Waals surface area contributed by atoms with Crippen LogP contribution in [0.25, 0.3) is 0 Å². The molecule has 1 saturated heterocycles. The van der Waals surface area contributed by atoms with Crippen molar-refractivity contribution in [1.82, 2.24) is 4.90 Å². The van der Waals surface area contributed by atoms with Gasteiger partial charge in [-0.15, -0.1) is 0 Å². The Kier molecular flexibility index (Phi) is 6.19. The summed E-state index contributed by atoms with van der Waals surface area (Å²) in [6.45, 7) is 2.35. The van der Waals surface area contributed by atoms with E-state index < -0.39 is 11.7 Å². The molecule has 9 heteroatoms. The fourth-order valence-electron chi connectivity index (χ4n) is 3.19. The lowest BCUT2D eigenvalue weighted by Crippen LogP contribution is -2.29. The van der Waals surface area contributed by atoms with Crippen molar-refractivity contribution in [2.45, 2.75) is 19.5 Å². The Morgan fingerprint density at radius 1 is 1.10 bits per heavy atom.